The normalized spacial score (nSPS) is 12.4. The molecule has 0 aliphatic carbocycles. The van der Waals surface area contributed by atoms with Crippen molar-refractivity contribution in [2.75, 3.05) is 6.54 Å². The fraction of sp³-hybridized carbons (Fsp3) is 0.250. The first-order valence-corrected chi connectivity index (χ1v) is 7.79. The maximum absolute atomic E-state index is 13.2. The first-order valence-electron chi connectivity index (χ1n) is 6.66. The van der Waals surface area contributed by atoms with E-state index >= 15 is 0 Å². The zero-order valence-electron chi connectivity index (χ0n) is 11.5. The third-order valence-electron chi connectivity index (χ3n) is 3.15. The van der Waals surface area contributed by atoms with Gasteiger partial charge >= 0.3 is 0 Å². The van der Waals surface area contributed by atoms with Crippen LogP contribution in [0.15, 0.2) is 36.4 Å². The largest absolute Gasteiger partial charge is 0.306 e. The summed E-state index contributed by atoms with van der Waals surface area (Å²) < 4.78 is 13.2. The first kappa shape index (κ1) is 16.6. The molecule has 0 aliphatic rings. The lowest BCUT2D eigenvalue weighted by Crippen LogP contribution is -2.23. The van der Waals surface area contributed by atoms with Gasteiger partial charge in [-0.15, -0.1) is 0 Å². The third kappa shape index (κ3) is 4.10. The second-order valence-corrected chi connectivity index (χ2v) is 5.95. The summed E-state index contributed by atoms with van der Waals surface area (Å²) in [6.07, 6.45) is 0.969. The Morgan fingerprint density at radius 2 is 1.76 bits per heavy atom. The van der Waals surface area contributed by atoms with Crippen LogP contribution in [0.4, 0.5) is 4.39 Å². The van der Waals surface area contributed by atoms with Gasteiger partial charge in [-0.25, -0.2) is 4.39 Å². The van der Waals surface area contributed by atoms with Gasteiger partial charge in [0.1, 0.15) is 5.82 Å². The van der Waals surface area contributed by atoms with Crippen LogP contribution in [0.1, 0.15) is 30.5 Å². The van der Waals surface area contributed by atoms with Gasteiger partial charge in [0.15, 0.2) is 0 Å². The van der Waals surface area contributed by atoms with Crippen LogP contribution >= 0.6 is 34.8 Å². The van der Waals surface area contributed by atoms with Crippen LogP contribution in [0.2, 0.25) is 15.1 Å². The summed E-state index contributed by atoms with van der Waals surface area (Å²) in [5.74, 6) is -0.355. The van der Waals surface area contributed by atoms with Crippen molar-refractivity contribution in [3.63, 3.8) is 0 Å². The van der Waals surface area contributed by atoms with E-state index in [1.54, 1.807) is 18.2 Å². The molecule has 2 aromatic rings. The van der Waals surface area contributed by atoms with Gasteiger partial charge in [-0.3, -0.25) is 0 Å². The summed E-state index contributed by atoms with van der Waals surface area (Å²) in [7, 11) is 0. The number of nitrogens with one attached hydrogen (secondary N) is 1. The Bertz CT molecular complexity index is 631. The topological polar surface area (TPSA) is 12.0 Å². The van der Waals surface area contributed by atoms with Gasteiger partial charge in [-0.1, -0.05) is 53.9 Å². The van der Waals surface area contributed by atoms with Crippen molar-refractivity contribution in [3.05, 3.63) is 68.4 Å². The standard InChI is InChI=1S/C16H15Cl3FN/c1-2-7-21-16(10-3-6-13(17)15(19)8-10)12-5-4-11(20)9-14(12)18/h3-6,8-9,16,21H,2,7H2,1H3. The smallest absolute Gasteiger partial charge is 0.124 e. The molecule has 0 radical (unpaired) electrons. The molecule has 112 valence electrons. The zero-order chi connectivity index (χ0) is 15.4. The number of hydrogen-bond acceptors (Lipinski definition) is 1. The number of rotatable bonds is 5. The minimum atomic E-state index is -0.355. The highest BCUT2D eigenvalue weighted by atomic mass is 35.5. The Kier molecular flexibility index (Phi) is 5.88. The molecule has 2 rings (SSSR count). The fourth-order valence-corrected chi connectivity index (χ4v) is 2.71. The summed E-state index contributed by atoms with van der Waals surface area (Å²) in [4.78, 5) is 0. The molecule has 1 nitrogen and oxygen atoms in total. The minimum Gasteiger partial charge on any atom is -0.306 e. The Balaban J connectivity index is 2.44. The molecule has 1 atom stereocenters. The Morgan fingerprint density at radius 1 is 1.00 bits per heavy atom. The van der Waals surface area contributed by atoms with Crippen molar-refractivity contribution in [1.82, 2.24) is 5.32 Å². The molecule has 0 aromatic heterocycles. The van der Waals surface area contributed by atoms with Crippen LogP contribution < -0.4 is 5.32 Å². The predicted molar refractivity (Wildman–Crippen MR) is 88.0 cm³/mol. The molecule has 0 aliphatic heterocycles. The summed E-state index contributed by atoms with van der Waals surface area (Å²) in [6.45, 7) is 2.88. The molecule has 0 saturated carbocycles. The zero-order valence-corrected chi connectivity index (χ0v) is 13.7. The molecule has 2 aromatic carbocycles. The monoisotopic (exact) mass is 345 g/mol. The first-order chi connectivity index (χ1) is 10.0. The Labute approximate surface area is 139 Å². The molecule has 21 heavy (non-hydrogen) atoms. The van der Waals surface area contributed by atoms with Crippen molar-refractivity contribution in [2.24, 2.45) is 0 Å². The molecule has 0 heterocycles. The van der Waals surface area contributed by atoms with Crippen molar-refractivity contribution in [2.45, 2.75) is 19.4 Å². The minimum absolute atomic E-state index is 0.159. The molecular formula is C16H15Cl3FN. The van der Waals surface area contributed by atoms with Gasteiger partial charge in [-0.05, 0) is 48.4 Å². The number of benzene rings is 2. The summed E-state index contributed by atoms with van der Waals surface area (Å²) in [6, 6.07) is 9.69. The molecule has 0 spiro atoms. The number of halogens is 4. The van der Waals surface area contributed by atoms with Crippen LogP contribution in [0.3, 0.4) is 0 Å². The van der Waals surface area contributed by atoms with E-state index in [2.05, 4.69) is 12.2 Å². The van der Waals surface area contributed by atoms with Crippen LogP contribution in [-0.2, 0) is 0 Å². The van der Waals surface area contributed by atoms with E-state index in [-0.39, 0.29) is 11.9 Å². The molecular weight excluding hydrogens is 332 g/mol. The van der Waals surface area contributed by atoms with Gasteiger partial charge in [-0.2, -0.15) is 0 Å². The fourth-order valence-electron chi connectivity index (χ4n) is 2.12. The molecule has 1 unspecified atom stereocenters. The average Bonchev–Trinajstić information content (AvgIpc) is 2.44. The van der Waals surface area contributed by atoms with E-state index < -0.39 is 0 Å². The lowest BCUT2D eigenvalue weighted by molar-refractivity contribution is 0.593. The average molecular weight is 347 g/mol. The maximum Gasteiger partial charge on any atom is 0.124 e. The predicted octanol–water partition coefficient (Wildman–Crippen LogP) is 5.87. The summed E-state index contributed by atoms with van der Waals surface area (Å²) in [5, 5.41) is 4.77. The lowest BCUT2D eigenvalue weighted by Gasteiger charge is -2.21. The summed E-state index contributed by atoms with van der Waals surface area (Å²) >= 11 is 18.2. The molecule has 0 bridgehead atoms. The van der Waals surface area contributed by atoms with Crippen LogP contribution in [0.5, 0.6) is 0 Å². The third-order valence-corrected chi connectivity index (χ3v) is 4.22. The van der Waals surface area contributed by atoms with Crippen molar-refractivity contribution >= 4 is 34.8 Å². The maximum atomic E-state index is 13.2. The highest BCUT2D eigenvalue weighted by molar-refractivity contribution is 6.42. The molecule has 5 heteroatoms. The van der Waals surface area contributed by atoms with Crippen LogP contribution in [0.25, 0.3) is 0 Å². The van der Waals surface area contributed by atoms with Gasteiger partial charge in [0.05, 0.1) is 16.1 Å². The highest BCUT2D eigenvalue weighted by Crippen LogP contribution is 2.32. The molecule has 0 saturated heterocycles. The van der Waals surface area contributed by atoms with E-state index in [1.807, 2.05) is 6.07 Å². The second kappa shape index (κ2) is 7.46. The molecule has 1 N–H and O–H groups in total. The van der Waals surface area contributed by atoms with E-state index in [1.165, 1.54) is 12.1 Å². The van der Waals surface area contributed by atoms with Crippen molar-refractivity contribution in [3.8, 4) is 0 Å². The van der Waals surface area contributed by atoms with E-state index in [9.17, 15) is 4.39 Å². The molecule has 0 amide bonds. The van der Waals surface area contributed by atoms with Crippen molar-refractivity contribution < 1.29 is 4.39 Å². The second-order valence-electron chi connectivity index (χ2n) is 4.73. The molecule has 0 fully saturated rings. The van der Waals surface area contributed by atoms with Gasteiger partial charge in [0.2, 0.25) is 0 Å². The Hall–Kier alpha value is -0.800. The van der Waals surface area contributed by atoms with E-state index in [0.717, 1.165) is 24.1 Å². The van der Waals surface area contributed by atoms with Gasteiger partial charge in [0.25, 0.3) is 0 Å². The highest BCUT2D eigenvalue weighted by Gasteiger charge is 2.17. The van der Waals surface area contributed by atoms with Crippen LogP contribution in [-0.4, -0.2) is 6.54 Å². The quantitative estimate of drug-likeness (QED) is 0.713. The van der Waals surface area contributed by atoms with Gasteiger partial charge < -0.3 is 5.32 Å². The van der Waals surface area contributed by atoms with Gasteiger partial charge in [0, 0.05) is 5.02 Å². The van der Waals surface area contributed by atoms with E-state index in [0.29, 0.717) is 15.1 Å². The van der Waals surface area contributed by atoms with E-state index in [4.69, 9.17) is 34.8 Å². The van der Waals surface area contributed by atoms with Crippen molar-refractivity contribution in [1.29, 1.82) is 0 Å². The lowest BCUT2D eigenvalue weighted by atomic mass is 9.98. The summed E-state index contributed by atoms with van der Waals surface area (Å²) in [5.41, 5.74) is 1.75. The number of hydrogen-bond donors (Lipinski definition) is 1. The van der Waals surface area contributed by atoms with Crippen LogP contribution in [0, 0.1) is 5.82 Å². The Morgan fingerprint density at radius 3 is 2.38 bits per heavy atom. The SMILES string of the molecule is CCCNC(c1ccc(Cl)c(Cl)c1)c1ccc(F)cc1Cl.